The van der Waals surface area contributed by atoms with Crippen LogP contribution in [-0.2, 0) is 4.79 Å². The molecule has 0 bridgehead atoms. The number of aromatic amines is 1. The predicted molar refractivity (Wildman–Crippen MR) is 91.5 cm³/mol. The molecule has 0 radical (unpaired) electrons. The molecule has 0 spiro atoms. The minimum absolute atomic E-state index is 0.198. The van der Waals surface area contributed by atoms with Crippen LogP contribution in [0.4, 0.5) is 4.39 Å². The van der Waals surface area contributed by atoms with Crippen molar-refractivity contribution in [3.05, 3.63) is 71.7 Å². The molecule has 4 rings (SSSR count). The molecule has 3 aromatic rings. The first-order valence-electron chi connectivity index (χ1n) is 8.06. The number of fused-ring (bicyclic) bond motifs is 1. The van der Waals surface area contributed by atoms with Crippen molar-refractivity contribution in [2.24, 2.45) is 0 Å². The molecule has 1 aliphatic rings. The van der Waals surface area contributed by atoms with Crippen molar-refractivity contribution < 1.29 is 14.0 Å². The first kappa shape index (κ1) is 15.4. The van der Waals surface area contributed by atoms with Crippen molar-refractivity contribution in [2.75, 3.05) is 13.1 Å². The van der Waals surface area contributed by atoms with E-state index in [1.54, 1.807) is 18.2 Å². The third-order valence-electron chi connectivity index (χ3n) is 4.43. The standard InChI is InChI=1S/C19H16FN3O2/c20-14-7-3-2-6-13(14)17-18(24)21-9-10-23(17)19(25)16-11-12-5-1-4-8-15(12)22-16/h1-8,11,17,22H,9-10H2,(H,21,24). The molecule has 1 fully saturated rings. The van der Waals surface area contributed by atoms with Crippen LogP contribution in [0.15, 0.2) is 54.6 Å². The molecule has 0 aliphatic carbocycles. The third-order valence-corrected chi connectivity index (χ3v) is 4.43. The van der Waals surface area contributed by atoms with Crippen molar-refractivity contribution in [3.63, 3.8) is 0 Å². The highest BCUT2D eigenvalue weighted by Gasteiger charge is 2.36. The van der Waals surface area contributed by atoms with E-state index in [-0.39, 0.29) is 17.4 Å². The lowest BCUT2D eigenvalue weighted by Gasteiger charge is -2.35. The summed E-state index contributed by atoms with van der Waals surface area (Å²) in [4.78, 5) is 29.9. The molecule has 6 heteroatoms. The molecule has 1 atom stereocenters. The van der Waals surface area contributed by atoms with Crippen molar-refractivity contribution in [2.45, 2.75) is 6.04 Å². The van der Waals surface area contributed by atoms with Crippen LogP contribution in [0.5, 0.6) is 0 Å². The molecule has 2 heterocycles. The molecule has 1 saturated heterocycles. The van der Waals surface area contributed by atoms with Crippen LogP contribution in [0.25, 0.3) is 10.9 Å². The number of nitrogens with one attached hydrogen (secondary N) is 2. The number of carbonyl (C=O) groups excluding carboxylic acids is 2. The zero-order valence-corrected chi connectivity index (χ0v) is 13.3. The number of amides is 2. The summed E-state index contributed by atoms with van der Waals surface area (Å²) in [6, 6.07) is 14.4. The van der Waals surface area contributed by atoms with Gasteiger partial charge < -0.3 is 15.2 Å². The molecular formula is C19H16FN3O2. The van der Waals surface area contributed by atoms with Crippen molar-refractivity contribution >= 4 is 22.7 Å². The summed E-state index contributed by atoms with van der Waals surface area (Å²) in [5.74, 6) is -1.20. The molecule has 5 nitrogen and oxygen atoms in total. The second-order valence-corrected chi connectivity index (χ2v) is 5.98. The topological polar surface area (TPSA) is 65.2 Å². The highest BCUT2D eigenvalue weighted by molar-refractivity contribution is 6.00. The SMILES string of the molecule is O=C1NCCN(C(=O)c2cc3ccccc3[nH]2)C1c1ccccc1F. The van der Waals surface area contributed by atoms with E-state index >= 15 is 0 Å². The summed E-state index contributed by atoms with van der Waals surface area (Å²) >= 11 is 0. The first-order valence-corrected chi connectivity index (χ1v) is 8.06. The van der Waals surface area contributed by atoms with Gasteiger partial charge in [0.2, 0.25) is 5.91 Å². The Morgan fingerprint density at radius 3 is 2.68 bits per heavy atom. The quantitative estimate of drug-likeness (QED) is 0.755. The van der Waals surface area contributed by atoms with Gasteiger partial charge in [-0.05, 0) is 18.2 Å². The number of halogens is 1. The molecule has 2 amide bonds. The monoisotopic (exact) mass is 337 g/mol. The Bertz CT molecular complexity index is 933. The summed E-state index contributed by atoms with van der Waals surface area (Å²) < 4.78 is 14.2. The molecule has 1 aromatic heterocycles. The maximum atomic E-state index is 14.2. The van der Waals surface area contributed by atoms with Crippen LogP contribution in [0.3, 0.4) is 0 Å². The van der Waals surface area contributed by atoms with E-state index in [0.717, 1.165) is 10.9 Å². The van der Waals surface area contributed by atoms with Crippen LogP contribution >= 0.6 is 0 Å². The Morgan fingerprint density at radius 1 is 1.12 bits per heavy atom. The van der Waals surface area contributed by atoms with Gasteiger partial charge in [0.25, 0.3) is 5.91 Å². The Balaban J connectivity index is 1.74. The average molecular weight is 337 g/mol. The molecule has 0 saturated carbocycles. The average Bonchev–Trinajstić information content (AvgIpc) is 3.06. The van der Waals surface area contributed by atoms with Gasteiger partial charge >= 0.3 is 0 Å². The zero-order chi connectivity index (χ0) is 17.4. The van der Waals surface area contributed by atoms with Gasteiger partial charge in [-0.15, -0.1) is 0 Å². The number of hydrogen-bond acceptors (Lipinski definition) is 2. The van der Waals surface area contributed by atoms with Gasteiger partial charge in [-0.1, -0.05) is 36.4 Å². The van der Waals surface area contributed by atoms with E-state index < -0.39 is 11.9 Å². The Morgan fingerprint density at radius 2 is 1.88 bits per heavy atom. The van der Waals surface area contributed by atoms with E-state index in [1.165, 1.54) is 17.0 Å². The van der Waals surface area contributed by atoms with Gasteiger partial charge in [-0.3, -0.25) is 9.59 Å². The van der Waals surface area contributed by atoms with Crippen LogP contribution in [0.2, 0.25) is 0 Å². The number of nitrogens with zero attached hydrogens (tertiary/aromatic N) is 1. The summed E-state index contributed by atoms with van der Waals surface area (Å²) in [5, 5.41) is 3.62. The maximum absolute atomic E-state index is 14.2. The minimum Gasteiger partial charge on any atom is -0.352 e. The fraction of sp³-hybridized carbons (Fsp3) is 0.158. The van der Waals surface area contributed by atoms with E-state index in [1.807, 2.05) is 24.3 Å². The minimum atomic E-state index is -0.978. The highest BCUT2D eigenvalue weighted by atomic mass is 19.1. The number of para-hydroxylation sites is 1. The van der Waals surface area contributed by atoms with Crippen molar-refractivity contribution in [1.29, 1.82) is 0 Å². The number of H-pyrrole nitrogens is 1. The Labute approximate surface area is 143 Å². The van der Waals surface area contributed by atoms with E-state index in [9.17, 15) is 14.0 Å². The molecule has 126 valence electrons. The van der Waals surface area contributed by atoms with Crippen LogP contribution in [0, 0.1) is 5.82 Å². The molecule has 1 aliphatic heterocycles. The summed E-state index contributed by atoms with van der Waals surface area (Å²) in [7, 11) is 0. The van der Waals surface area contributed by atoms with Gasteiger partial charge in [0.1, 0.15) is 17.6 Å². The molecular weight excluding hydrogens is 321 g/mol. The van der Waals surface area contributed by atoms with Crippen LogP contribution in [-0.4, -0.2) is 34.8 Å². The molecule has 2 aromatic carbocycles. The number of hydrogen-bond donors (Lipinski definition) is 2. The van der Waals surface area contributed by atoms with Crippen molar-refractivity contribution in [1.82, 2.24) is 15.2 Å². The summed E-state index contributed by atoms with van der Waals surface area (Å²) in [6.07, 6.45) is 0. The summed E-state index contributed by atoms with van der Waals surface area (Å²) in [6.45, 7) is 0.661. The molecule has 1 unspecified atom stereocenters. The second-order valence-electron chi connectivity index (χ2n) is 5.98. The maximum Gasteiger partial charge on any atom is 0.271 e. The highest BCUT2D eigenvalue weighted by Crippen LogP contribution is 2.27. The predicted octanol–water partition coefficient (Wildman–Crippen LogP) is 2.62. The van der Waals surface area contributed by atoms with Gasteiger partial charge in [0.05, 0.1) is 0 Å². The lowest BCUT2D eigenvalue weighted by molar-refractivity contribution is -0.128. The van der Waals surface area contributed by atoms with E-state index in [2.05, 4.69) is 10.3 Å². The summed E-state index contributed by atoms with van der Waals surface area (Å²) in [5.41, 5.74) is 1.43. The zero-order valence-electron chi connectivity index (χ0n) is 13.3. The lowest BCUT2D eigenvalue weighted by atomic mass is 10.0. The normalized spacial score (nSPS) is 17.6. The largest absolute Gasteiger partial charge is 0.352 e. The fourth-order valence-corrected chi connectivity index (χ4v) is 3.23. The second kappa shape index (κ2) is 6.05. The van der Waals surface area contributed by atoms with Gasteiger partial charge in [-0.2, -0.15) is 0 Å². The number of rotatable bonds is 2. The number of benzene rings is 2. The van der Waals surface area contributed by atoms with Gasteiger partial charge in [-0.25, -0.2) is 4.39 Å². The smallest absolute Gasteiger partial charge is 0.271 e. The number of aromatic nitrogens is 1. The van der Waals surface area contributed by atoms with Crippen LogP contribution < -0.4 is 5.32 Å². The number of piperazine rings is 1. The fourth-order valence-electron chi connectivity index (χ4n) is 3.23. The van der Waals surface area contributed by atoms with Crippen LogP contribution in [0.1, 0.15) is 22.1 Å². The Hall–Kier alpha value is -3.15. The van der Waals surface area contributed by atoms with Crippen molar-refractivity contribution in [3.8, 4) is 0 Å². The lowest BCUT2D eigenvalue weighted by Crippen LogP contribution is -2.52. The van der Waals surface area contributed by atoms with E-state index in [0.29, 0.717) is 18.8 Å². The van der Waals surface area contributed by atoms with E-state index in [4.69, 9.17) is 0 Å². The Kier molecular flexibility index (Phi) is 3.72. The number of carbonyl (C=O) groups is 2. The first-order chi connectivity index (χ1) is 12.1. The van der Waals surface area contributed by atoms with Gasteiger partial charge in [0.15, 0.2) is 0 Å². The van der Waals surface area contributed by atoms with Gasteiger partial charge in [0, 0.05) is 29.6 Å². The molecule has 25 heavy (non-hydrogen) atoms. The molecule has 2 N–H and O–H groups in total. The third kappa shape index (κ3) is 2.65.